The van der Waals surface area contributed by atoms with E-state index in [1.165, 1.54) is 0 Å². The number of hydrogen-bond acceptors (Lipinski definition) is 3. The Labute approximate surface area is 141 Å². The molecule has 0 saturated carbocycles. The molecule has 1 fully saturated rings. The van der Waals surface area contributed by atoms with Crippen LogP contribution in [0.15, 0.2) is 59.8 Å². The summed E-state index contributed by atoms with van der Waals surface area (Å²) in [6.45, 7) is 2.92. The normalized spacial score (nSPS) is 19.1. The molecule has 1 saturated heterocycles. The number of benzene rings is 2. The molecule has 6 heteroatoms. The predicted molar refractivity (Wildman–Crippen MR) is 93.3 cm³/mol. The first-order chi connectivity index (χ1) is 11.6. The van der Waals surface area contributed by atoms with Crippen LogP contribution >= 0.6 is 0 Å². The molecule has 0 aliphatic carbocycles. The largest absolute Gasteiger partial charge is 0.326 e. The van der Waals surface area contributed by atoms with E-state index in [-0.39, 0.29) is 6.04 Å². The lowest BCUT2D eigenvalue weighted by Crippen LogP contribution is -2.29. The van der Waals surface area contributed by atoms with Crippen molar-refractivity contribution in [3.05, 3.63) is 60.4 Å². The molecule has 0 radical (unpaired) electrons. The highest BCUT2D eigenvalue weighted by molar-refractivity contribution is 7.89. The molecule has 1 aliphatic rings. The fourth-order valence-electron chi connectivity index (χ4n) is 3.35. The van der Waals surface area contributed by atoms with Gasteiger partial charge in [0.1, 0.15) is 0 Å². The zero-order valence-electron chi connectivity index (χ0n) is 13.5. The summed E-state index contributed by atoms with van der Waals surface area (Å²) in [4.78, 5) is 4.79. The molecule has 124 valence electrons. The summed E-state index contributed by atoms with van der Waals surface area (Å²) in [5.74, 6) is 0. The van der Waals surface area contributed by atoms with E-state index < -0.39 is 10.0 Å². The summed E-state index contributed by atoms with van der Waals surface area (Å²) < 4.78 is 29.4. The minimum atomic E-state index is -3.44. The van der Waals surface area contributed by atoms with Gasteiger partial charge in [0.2, 0.25) is 10.0 Å². The van der Waals surface area contributed by atoms with Crippen LogP contribution in [0, 0.1) is 6.92 Å². The number of aromatic nitrogens is 2. The zero-order valence-corrected chi connectivity index (χ0v) is 14.3. The molecule has 5 nitrogen and oxygen atoms in total. The minimum Gasteiger partial charge on any atom is -0.326 e. The molecular weight excluding hydrogens is 322 g/mol. The third kappa shape index (κ3) is 2.52. The minimum absolute atomic E-state index is 0.122. The van der Waals surface area contributed by atoms with Crippen molar-refractivity contribution in [2.75, 3.05) is 13.1 Å². The van der Waals surface area contributed by atoms with E-state index in [0.29, 0.717) is 18.0 Å². The molecular formula is C18H19N3O2S. The van der Waals surface area contributed by atoms with Crippen LogP contribution in [0.5, 0.6) is 0 Å². The van der Waals surface area contributed by atoms with Crippen LogP contribution in [-0.2, 0) is 10.0 Å². The van der Waals surface area contributed by atoms with Gasteiger partial charge >= 0.3 is 0 Å². The molecule has 0 amide bonds. The maximum atomic E-state index is 12.9. The highest BCUT2D eigenvalue weighted by Crippen LogP contribution is 2.29. The standard InChI is InChI=1S/C18H19N3O2S/c1-14-5-4-6-16(11-14)24(22,23)20-10-9-15(12-20)21-13-19-17-7-2-3-8-18(17)21/h2-8,11,13,15H,9-10,12H2,1H3/t15-/m1/s1. The van der Waals surface area contributed by atoms with Gasteiger partial charge in [0.05, 0.1) is 28.3 Å². The van der Waals surface area contributed by atoms with Gasteiger partial charge in [-0.3, -0.25) is 0 Å². The Morgan fingerprint density at radius 1 is 1.12 bits per heavy atom. The Hall–Kier alpha value is -2.18. The van der Waals surface area contributed by atoms with Crippen LogP contribution in [0.2, 0.25) is 0 Å². The fourth-order valence-corrected chi connectivity index (χ4v) is 4.95. The lowest BCUT2D eigenvalue weighted by Gasteiger charge is -2.18. The van der Waals surface area contributed by atoms with Crippen molar-refractivity contribution in [2.24, 2.45) is 0 Å². The average Bonchev–Trinajstić information content (AvgIpc) is 3.21. The van der Waals surface area contributed by atoms with Crippen LogP contribution in [-0.4, -0.2) is 35.4 Å². The first kappa shape index (κ1) is 15.4. The number of nitrogens with zero attached hydrogens (tertiary/aromatic N) is 3. The Morgan fingerprint density at radius 2 is 1.96 bits per heavy atom. The lowest BCUT2D eigenvalue weighted by atomic mass is 10.2. The van der Waals surface area contributed by atoms with Crippen molar-refractivity contribution in [3.8, 4) is 0 Å². The van der Waals surface area contributed by atoms with Crippen LogP contribution in [0.25, 0.3) is 11.0 Å². The number of fused-ring (bicyclic) bond motifs is 1. The molecule has 0 spiro atoms. The van der Waals surface area contributed by atoms with Crippen molar-refractivity contribution in [2.45, 2.75) is 24.3 Å². The van der Waals surface area contributed by atoms with E-state index in [1.54, 1.807) is 22.5 Å². The van der Waals surface area contributed by atoms with E-state index in [4.69, 9.17) is 0 Å². The molecule has 2 heterocycles. The second kappa shape index (κ2) is 5.72. The number of para-hydroxylation sites is 2. The number of aryl methyl sites for hydroxylation is 1. The van der Waals surface area contributed by atoms with Gasteiger partial charge in [-0.1, -0.05) is 24.3 Å². The molecule has 24 heavy (non-hydrogen) atoms. The number of hydrogen-bond donors (Lipinski definition) is 0. The van der Waals surface area contributed by atoms with Crippen molar-refractivity contribution in [1.29, 1.82) is 0 Å². The van der Waals surface area contributed by atoms with Gasteiger partial charge in [-0.05, 0) is 43.2 Å². The Balaban J connectivity index is 1.62. The Kier molecular flexibility index (Phi) is 3.66. The van der Waals surface area contributed by atoms with E-state index in [9.17, 15) is 8.42 Å². The van der Waals surface area contributed by atoms with Gasteiger partial charge in [-0.2, -0.15) is 4.31 Å². The quantitative estimate of drug-likeness (QED) is 0.736. The van der Waals surface area contributed by atoms with E-state index in [2.05, 4.69) is 9.55 Å². The number of imidazole rings is 1. The molecule has 0 bridgehead atoms. The summed E-state index contributed by atoms with van der Waals surface area (Å²) in [5, 5.41) is 0. The molecule has 2 aromatic carbocycles. The summed E-state index contributed by atoms with van der Waals surface area (Å²) >= 11 is 0. The molecule has 0 N–H and O–H groups in total. The van der Waals surface area contributed by atoms with Gasteiger partial charge in [-0.15, -0.1) is 0 Å². The molecule has 0 unspecified atom stereocenters. The monoisotopic (exact) mass is 341 g/mol. The average molecular weight is 341 g/mol. The van der Waals surface area contributed by atoms with Crippen LogP contribution < -0.4 is 0 Å². The SMILES string of the molecule is Cc1cccc(S(=O)(=O)N2CC[C@@H](n3cnc4ccccc43)C2)c1. The van der Waals surface area contributed by atoms with E-state index >= 15 is 0 Å². The maximum absolute atomic E-state index is 12.9. The Morgan fingerprint density at radius 3 is 2.79 bits per heavy atom. The molecule has 3 aromatic rings. The third-order valence-electron chi connectivity index (χ3n) is 4.63. The first-order valence-corrected chi connectivity index (χ1v) is 9.48. The molecule has 1 atom stereocenters. The summed E-state index contributed by atoms with van der Waals surface area (Å²) in [7, 11) is -3.44. The Bertz CT molecular complexity index is 994. The van der Waals surface area contributed by atoms with E-state index in [1.807, 2.05) is 43.6 Å². The zero-order chi connectivity index (χ0) is 16.7. The third-order valence-corrected chi connectivity index (χ3v) is 6.49. The second-order valence-electron chi connectivity index (χ2n) is 6.26. The van der Waals surface area contributed by atoms with Crippen molar-refractivity contribution in [3.63, 3.8) is 0 Å². The smallest absolute Gasteiger partial charge is 0.243 e. The maximum Gasteiger partial charge on any atom is 0.243 e. The van der Waals surface area contributed by atoms with Gasteiger partial charge in [-0.25, -0.2) is 13.4 Å². The van der Waals surface area contributed by atoms with Gasteiger partial charge in [0, 0.05) is 13.1 Å². The number of rotatable bonds is 3. The van der Waals surface area contributed by atoms with Gasteiger partial charge in [0.25, 0.3) is 0 Å². The van der Waals surface area contributed by atoms with Crippen molar-refractivity contribution in [1.82, 2.24) is 13.9 Å². The molecule has 4 rings (SSSR count). The summed E-state index contributed by atoms with van der Waals surface area (Å²) in [5.41, 5.74) is 2.95. The summed E-state index contributed by atoms with van der Waals surface area (Å²) in [6.07, 6.45) is 2.61. The van der Waals surface area contributed by atoms with Crippen LogP contribution in [0.3, 0.4) is 0 Å². The molecule has 1 aliphatic heterocycles. The predicted octanol–water partition coefficient (Wildman–Crippen LogP) is 2.98. The highest BCUT2D eigenvalue weighted by Gasteiger charge is 2.33. The first-order valence-electron chi connectivity index (χ1n) is 8.04. The van der Waals surface area contributed by atoms with Crippen LogP contribution in [0.4, 0.5) is 0 Å². The lowest BCUT2D eigenvalue weighted by molar-refractivity contribution is 0.455. The fraction of sp³-hybridized carbons (Fsp3) is 0.278. The second-order valence-corrected chi connectivity index (χ2v) is 8.20. The number of sulfonamides is 1. The van der Waals surface area contributed by atoms with E-state index in [0.717, 1.165) is 23.0 Å². The van der Waals surface area contributed by atoms with Crippen LogP contribution in [0.1, 0.15) is 18.0 Å². The summed E-state index contributed by atoms with van der Waals surface area (Å²) in [6, 6.07) is 15.2. The topological polar surface area (TPSA) is 55.2 Å². The molecule has 1 aromatic heterocycles. The highest BCUT2D eigenvalue weighted by atomic mass is 32.2. The van der Waals surface area contributed by atoms with Crippen molar-refractivity contribution >= 4 is 21.1 Å². The van der Waals surface area contributed by atoms with Crippen molar-refractivity contribution < 1.29 is 8.42 Å². The van der Waals surface area contributed by atoms with Gasteiger partial charge < -0.3 is 4.57 Å². The van der Waals surface area contributed by atoms with Gasteiger partial charge in [0.15, 0.2) is 0 Å².